The Hall–Kier alpha value is -3.69. The van der Waals surface area contributed by atoms with Crippen LogP contribution in [0.5, 0.6) is 11.5 Å². The Kier molecular flexibility index (Phi) is 7.42. The number of sulfone groups is 1. The van der Waals surface area contributed by atoms with Crippen LogP contribution in [0.15, 0.2) is 77.8 Å². The van der Waals surface area contributed by atoms with Gasteiger partial charge in [-0.25, -0.2) is 17.5 Å². The zero-order valence-electron chi connectivity index (χ0n) is 19.5. The molecule has 3 aromatic carbocycles. The minimum Gasteiger partial charge on any atom is -0.455 e. The Balaban J connectivity index is 1.56. The monoisotopic (exact) mass is 527 g/mol. The maximum absolute atomic E-state index is 13.9. The van der Waals surface area contributed by atoms with E-state index in [0.717, 1.165) is 5.69 Å². The molecule has 0 unspecified atom stereocenters. The van der Waals surface area contributed by atoms with Gasteiger partial charge in [-0.15, -0.1) is 0 Å². The lowest BCUT2D eigenvalue weighted by molar-refractivity contribution is -0.115. The first-order chi connectivity index (χ1) is 17.1. The summed E-state index contributed by atoms with van der Waals surface area (Å²) in [6.07, 6.45) is 1.80. The van der Waals surface area contributed by atoms with Crippen LogP contribution in [0.2, 0.25) is 5.02 Å². The molecule has 1 amide bonds. The molecule has 4 aromatic rings. The van der Waals surface area contributed by atoms with E-state index in [-0.39, 0.29) is 33.7 Å². The molecule has 10 heteroatoms. The number of rotatable bonds is 8. The second-order valence-corrected chi connectivity index (χ2v) is 10.8. The molecule has 0 fully saturated rings. The van der Waals surface area contributed by atoms with Crippen molar-refractivity contribution in [1.29, 1.82) is 0 Å². The first kappa shape index (κ1) is 25.4. The van der Waals surface area contributed by atoms with E-state index in [2.05, 4.69) is 10.4 Å². The van der Waals surface area contributed by atoms with Crippen molar-refractivity contribution in [2.75, 3.05) is 11.1 Å². The number of carbonyl (C=O) groups is 1. The standard InChI is InChI=1S/C26H23ClFN3O4S/c1-3-36(33,34)23-7-4-18(5-8-23)12-26(32)29-21-6-9-24(31-11-10-17(2)30-31)25(16-21)35-22-14-19(27)13-20(28)15-22/h4-11,13-16H,3,12H2,1-2H3,(H,29,32). The van der Waals surface area contributed by atoms with Crippen LogP contribution >= 0.6 is 11.6 Å². The summed E-state index contributed by atoms with van der Waals surface area (Å²) in [6, 6.07) is 17.0. The van der Waals surface area contributed by atoms with Gasteiger partial charge in [0.05, 0.1) is 22.8 Å². The van der Waals surface area contributed by atoms with E-state index in [1.54, 1.807) is 48.1 Å². The molecule has 36 heavy (non-hydrogen) atoms. The number of nitrogens with one attached hydrogen (secondary N) is 1. The van der Waals surface area contributed by atoms with Crippen LogP contribution in [0.25, 0.3) is 5.69 Å². The SMILES string of the molecule is CCS(=O)(=O)c1ccc(CC(=O)Nc2ccc(-n3ccc(C)n3)c(Oc3cc(F)cc(Cl)c3)c2)cc1. The Bertz CT molecular complexity index is 1500. The lowest BCUT2D eigenvalue weighted by Crippen LogP contribution is -2.15. The summed E-state index contributed by atoms with van der Waals surface area (Å²) in [7, 11) is -3.31. The molecule has 0 atom stereocenters. The number of ether oxygens (including phenoxy) is 1. The fourth-order valence-electron chi connectivity index (χ4n) is 3.50. The van der Waals surface area contributed by atoms with Crippen LogP contribution in [-0.4, -0.2) is 29.9 Å². The molecule has 4 rings (SSSR count). The maximum atomic E-state index is 13.9. The Morgan fingerprint density at radius 3 is 2.47 bits per heavy atom. The van der Waals surface area contributed by atoms with E-state index in [0.29, 0.717) is 22.7 Å². The normalized spacial score (nSPS) is 11.3. The molecule has 0 aliphatic rings. The summed E-state index contributed by atoms with van der Waals surface area (Å²) in [5, 5.41) is 7.40. The fraction of sp³-hybridized carbons (Fsp3) is 0.154. The van der Waals surface area contributed by atoms with Gasteiger partial charge in [-0.1, -0.05) is 30.7 Å². The molecule has 0 radical (unpaired) electrons. The van der Waals surface area contributed by atoms with E-state index in [4.69, 9.17) is 16.3 Å². The van der Waals surface area contributed by atoms with Crippen molar-refractivity contribution < 1.29 is 22.3 Å². The van der Waals surface area contributed by atoms with Crippen molar-refractivity contribution in [3.63, 3.8) is 0 Å². The molecule has 0 aliphatic carbocycles. The zero-order valence-corrected chi connectivity index (χ0v) is 21.1. The number of hydrogen-bond donors (Lipinski definition) is 1. The van der Waals surface area contributed by atoms with Crippen LogP contribution in [-0.2, 0) is 21.1 Å². The average Bonchev–Trinajstić information content (AvgIpc) is 3.25. The molecule has 1 N–H and O–H groups in total. The fourth-order valence-corrected chi connectivity index (χ4v) is 4.59. The molecular formula is C26H23ClFN3O4S. The maximum Gasteiger partial charge on any atom is 0.228 e. The van der Waals surface area contributed by atoms with Gasteiger partial charge in [0.25, 0.3) is 0 Å². The second-order valence-electron chi connectivity index (χ2n) is 8.06. The number of aryl methyl sites for hydroxylation is 1. The highest BCUT2D eigenvalue weighted by Crippen LogP contribution is 2.33. The van der Waals surface area contributed by atoms with Crippen LogP contribution in [0.1, 0.15) is 18.2 Å². The summed E-state index contributed by atoms with van der Waals surface area (Å²) < 4.78 is 45.4. The van der Waals surface area contributed by atoms with E-state index in [1.807, 2.05) is 13.0 Å². The second kappa shape index (κ2) is 10.5. The number of benzene rings is 3. The lowest BCUT2D eigenvalue weighted by atomic mass is 10.1. The Labute approximate surface area is 213 Å². The highest BCUT2D eigenvalue weighted by molar-refractivity contribution is 7.91. The number of nitrogens with zero attached hydrogens (tertiary/aromatic N) is 2. The molecule has 0 saturated carbocycles. The number of carbonyl (C=O) groups excluding carboxylic acids is 1. The van der Waals surface area contributed by atoms with Crippen LogP contribution < -0.4 is 10.1 Å². The van der Waals surface area contributed by atoms with E-state index < -0.39 is 15.7 Å². The third-order valence-electron chi connectivity index (χ3n) is 5.30. The summed E-state index contributed by atoms with van der Waals surface area (Å²) in [5.74, 6) is -0.324. The lowest BCUT2D eigenvalue weighted by Gasteiger charge is -2.14. The van der Waals surface area contributed by atoms with Crippen LogP contribution in [0, 0.1) is 12.7 Å². The summed E-state index contributed by atoms with van der Waals surface area (Å²) >= 11 is 5.97. The zero-order chi connectivity index (χ0) is 25.9. The summed E-state index contributed by atoms with van der Waals surface area (Å²) in [6.45, 7) is 3.43. The summed E-state index contributed by atoms with van der Waals surface area (Å²) in [4.78, 5) is 12.9. The molecule has 0 aliphatic heterocycles. The van der Waals surface area contributed by atoms with Crippen molar-refractivity contribution in [3.8, 4) is 17.2 Å². The minimum absolute atomic E-state index is 0.00710. The van der Waals surface area contributed by atoms with Gasteiger partial charge >= 0.3 is 0 Å². The van der Waals surface area contributed by atoms with Gasteiger partial charge in [0.15, 0.2) is 15.6 Å². The van der Waals surface area contributed by atoms with Gasteiger partial charge in [-0.3, -0.25) is 4.79 Å². The number of aromatic nitrogens is 2. The molecule has 0 spiro atoms. The molecule has 7 nitrogen and oxygen atoms in total. The average molecular weight is 528 g/mol. The highest BCUT2D eigenvalue weighted by Gasteiger charge is 2.14. The molecular weight excluding hydrogens is 505 g/mol. The Morgan fingerprint density at radius 1 is 1.08 bits per heavy atom. The first-order valence-electron chi connectivity index (χ1n) is 11.0. The predicted octanol–water partition coefficient (Wildman–Crippen LogP) is 5.74. The third kappa shape index (κ3) is 6.10. The van der Waals surface area contributed by atoms with Gasteiger partial charge < -0.3 is 10.1 Å². The van der Waals surface area contributed by atoms with Crippen molar-refractivity contribution in [3.05, 3.63) is 95.0 Å². The molecule has 0 saturated heterocycles. The molecule has 0 bridgehead atoms. The van der Waals surface area contributed by atoms with Gasteiger partial charge in [0, 0.05) is 29.0 Å². The Morgan fingerprint density at radius 2 is 1.83 bits per heavy atom. The van der Waals surface area contributed by atoms with Gasteiger partial charge in [-0.05, 0) is 55.0 Å². The number of anilines is 1. The molecule has 1 heterocycles. The minimum atomic E-state index is -3.31. The summed E-state index contributed by atoms with van der Waals surface area (Å²) in [5.41, 5.74) is 2.49. The van der Waals surface area contributed by atoms with E-state index in [9.17, 15) is 17.6 Å². The van der Waals surface area contributed by atoms with Crippen molar-refractivity contribution >= 4 is 33.0 Å². The van der Waals surface area contributed by atoms with Gasteiger partial charge in [0.1, 0.15) is 17.3 Å². The van der Waals surface area contributed by atoms with Crippen LogP contribution in [0.3, 0.4) is 0 Å². The largest absolute Gasteiger partial charge is 0.455 e. The van der Waals surface area contributed by atoms with E-state index >= 15 is 0 Å². The number of hydrogen-bond acceptors (Lipinski definition) is 5. The van der Waals surface area contributed by atoms with Crippen molar-refractivity contribution in [2.24, 2.45) is 0 Å². The quantitative estimate of drug-likeness (QED) is 0.315. The smallest absolute Gasteiger partial charge is 0.228 e. The van der Waals surface area contributed by atoms with Crippen LogP contribution in [0.4, 0.5) is 10.1 Å². The highest BCUT2D eigenvalue weighted by atomic mass is 35.5. The van der Waals surface area contributed by atoms with Crippen molar-refractivity contribution in [2.45, 2.75) is 25.2 Å². The topological polar surface area (TPSA) is 90.3 Å². The van der Waals surface area contributed by atoms with Gasteiger partial charge in [0.2, 0.25) is 5.91 Å². The molecule has 186 valence electrons. The van der Waals surface area contributed by atoms with Crippen molar-refractivity contribution in [1.82, 2.24) is 9.78 Å². The number of amides is 1. The third-order valence-corrected chi connectivity index (χ3v) is 7.27. The van der Waals surface area contributed by atoms with Gasteiger partial charge in [-0.2, -0.15) is 5.10 Å². The van der Waals surface area contributed by atoms with E-state index in [1.165, 1.54) is 30.3 Å². The first-order valence-corrected chi connectivity index (χ1v) is 13.1. The molecule has 1 aromatic heterocycles. The predicted molar refractivity (Wildman–Crippen MR) is 136 cm³/mol. The number of halogens is 2.